The second kappa shape index (κ2) is 7.78. The highest BCUT2D eigenvalue weighted by Crippen LogP contribution is 2.33. The number of nitrogens with one attached hydrogen (secondary N) is 1. The molecule has 30 heavy (non-hydrogen) atoms. The molecule has 0 unspecified atom stereocenters. The molecule has 1 amide bonds. The highest BCUT2D eigenvalue weighted by Gasteiger charge is 2.28. The summed E-state index contributed by atoms with van der Waals surface area (Å²) in [4.78, 5) is 34.8. The van der Waals surface area contributed by atoms with Crippen LogP contribution in [0.4, 0.5) is 0 Å². The number of nitrogens with zero attached hydrogens (tertiary/aromatic N) is 4. The molecule has 0 spiro atoms. The highest BCUT2D eigenvalue weighted by molar-refractivity contribution is 5.95. The molecule has 3 aromatic rings. The van der Waals surface area contributed by atoms with Crippen molar-refractivity contribution in [2.75, 3.05) is 13.1 Å². The lowest BCUT2D eigenvalue weighted by Crippen LogP contribution is -2.38. The minimum Gasteiger partial charge on any atom is -0.349 e. The van der Waals surface area contributed by atoms with Crippen LogP contribution in [0, 0.1) is 13.8 Å². The number of carbonyl (C=O) groups excluding carboxylic acids is 1. The fourth-order valence-corrected chi connectivity index (χ4v) is 4.97. The molecule has 0 atom stereocenters. The van der Waals surface area contributed by atoms with Crippen LogP contribution in [0.1, 0.15) is 72.9 Å². The molecule has 1 fully saturated rings. The number of pyridine rings is 1. The molecule has 0 saturated carbocycles. The zero-order valence-electron chi connectivity index (χ0n) is 18.5. The number of aryl methyl sites for hydroxylation is 1. The smallest absolute Gasteiger partial charge is 0.327 e. The quantitative estimate of drug-likeness (QED) is 0.713. The van der Waals surface area contributed by atoms with Gasteiger partial charge >= 0.3 is 5.69 Å². The van der Waals surface area contributed by atoms with Crippen LogP contribution in [0.3, 0.4) is 0 Å². The van der Waals surface area contributed by atoms with E-state index in [0.29, 0.717) is 11.6 Å². The molecule has 0 aromatic carbocycles. The molecule has 1 aliphatic heterocycles. The fourth-order valence-electron chi connectivity index (χ4n) is 4.97. The molecule has 1 saturated heterocycles. The number of imidazole rings is 1. The number of hydrogen-bond donors (Lipinski definition) is 1. The summed E-state index contributed by atoms with van der Waals surface area (Å²) in [5, 5.41) is 0. The van der Waals surface area contributed by atoms with E-state index in [-0.39, 0.29) is 17.6 Å². The molecule has 4 rings (SSSR count). The number of amides is 1. The summed E-state index contributed by atoms with van der Waals surface area (Å²) in [7, 11) is 0. The van der Waals surface area contributed by atoms with Crippen LogP contribution in [-0.4, -0.2) is 43.0 Å². The van der Waals surface area contributed by atoms with E-state index in [1.807, 2.05) is 37.8 Å². The summed E-state index contributed by atoms with van der Waals surface area (Å²) in [6.07, 6.45) is 3.54. The molecule has 0 bridgehead atoms. The number of likely N-dealkylation sites (tertiary alicyclic amines) is 1. The summed E-state index contributed by atoms with van der Waals surface area (Å²) in [6.45, 7) is 12.5. The first-order valence-electron chi connectivity index (χ1n) is 10.9. The minimum atomic E-state index is -0.112. The molecule has 0 radical (unpaired) electrons. The average Bonchev–Trinajstić information content (AvgIpc) is 3.22. The van der Waals surface area contributed by atoms with E-state index in [1.54, 1.807) is 10.8 Å². The molecule has 4 heterocycles. The van der Waals surface area contributed by atoms with Crippen molar-refractivity contribution < 1.29 is 4.79 Å². The van der Waals surface area contributed by atoms with Gasteiger partial charge in [0.1, 0.15) is 0 Å². The number of H-pyrrole nitrogens is 1. The zero-order valence-corrected chi connectivity index (χ0v) is 18.5. The van der Waals surface area contributed by atoms with E-state index in [0.717, 1.165) is 60.5 Å². The largest absolute Gasteiger partial charge is 0.349 e. The number of piperidine rings is 1. The molecule has 1 aliphatic rings. The Labute approximate surface area is 176 Å². The lowest BCUT2D eigenvalue weighted by Gasteiger charge is -2.32. The third-order valence-corrected chi connectivity index (χ3v) is 6.50. The van der Waals surface area contributed by atoms with E-state index in [9.17, 15) is 9.59 Å². The van der Waals surface area contributed by atoms with Crippen molar-refractivity contribution in [1.29, 1.82) is 0 Å². The van der Waals surface area contributed by atoms with Gasteiger partial charge in [-0.15, -0.1) is 0 Å². The zero-order chi connectivity index (χ0) is 21.6. The van der Waals surface area contributed by atoms with E-state index >= 15 is 0 Å². The van der Waals surface area contributed by atoms with Crippen molar-refractivity contribution in [3.05, 3.63) is 51.3 Å². The average molecular weight is 410 g/mol. The van der Waals surface area contributed by atoms with E-state index in [2.05, 4.69) is 28.4 Å². The van der Waals surface area contributed by atoms with Gasteiger partial charge in [-0.3, -0.25) is 14.3 Å². The van der Waals surface area contributed by atoms with E-state index in [4.69, 9.17) is 0 Å². The van der Waals surface area contributed by atoms with Crippen LogP contribution in [0.15, 0.2) is 23.1 Å². The Balaban J connectivity index is 1.57. The predicted molar refractivity (Wildman–Crippen MR) is 118 cm³/mol. The fraction of sp³-hybridized carbons (Fsp3) is 0.522. The standard InChI is InChI=1S/C23H31N5O2/c1-6-27-15(4)13-19(16(27)5)22(29)26-11-8-17(9-12-26)18-7-10-24-21-20(18)28(14(2)3)23(30)25-21/h7,10,13-14,17H,6,8-9,11-12H2,1-5H3,(H,24,25,30). The molecule has 160 valence electrons. The number of rotatable bonds is 4. The molecule has 7 heteroatoms. The number of hydrogen-bond acceptors (Lipinski definition) is 3. The lowest BCUT2D eigenvalue weighted by atomic mass is 9.89. The van der Waals surface area contributed by atoms with Crippen LogP contribution in [0.5, 0.6) is 0 Å². The van der Waals surface area contributed by atoms with Crippen LogP contribution < -0.4 is 5.69 Å². The van der Waals surface area contributed by atoms with Gasteiger partial charge in [-0.25, -0.2) is 9.78 Å². The number of aromatic amines is 1. The Morgan fingerprint density at radius 3 is 2.57 bits per heavy atom. The van der Waals surface area contributed by atoms with E-state index in [1.165, 1.54) is 0 Å². The molecule has 1 N–H and O–H groups in total. The Bertz CT molecular complexity index is 1140. The van der Waals surface area contributed by atoms with Crippen molar-refractivity contribution in [2.45, 2.75) is 66.0 Å². The predicted octanol–water partition coefficient (Wildman–Crippen LogP) is 3.76. The van der Waals surface area contributed by atoms with Gasteiger partial charge in [0, 0.05) is 43.3 Å². The van der Waals surface area contributed by atoms with Crippen molar-refractivity contribution in [3.63, 3.8) is 0 Å². The number of aromatic nitrogens is 4. The Kier molecular flexibility index (Phi) is 5.30. The first kappa shape index (κ1) is 20.4. The van der Waals surface area contributed by atoms with Crippen molar-refractivity contribution in [1.82, 2.24) is 24.0 Å². The first-order chi connectivity index (χ1) is 14.3. The summed E-state index contributed by atoms with van der Waals surface area (Å²) < 4.78 is 3.99. The third kappa shape index (κ3) is 3.26. The molecule has 0 aliphatic carbocycles. The maximum Gasteiger partial charge on any atom is 0.327 e. The summed E-state index contributed by atoms with van der Waals surface area (Å²) >= 11 is 0. The van der Waals surface area contributed by atoms with Gasteiger partial charge in [-0.1, -0.05) is 0 Å². The number of fused-ring (bicyclic) bond motifs is 1. The Hall–Kier alpha value is -2.83. The second-order valence-electron chi connectivity index (χ2n) is 8.59. The normalized spacial score (nSPS) is 15.5. The third-order valence-electron chi connectivity index (χ3n) is 6.50. The summed E-state index contributed by atoms with van der Waals surface area (Å²) in [5.41, 5.74) is 5.60. The van der Waals surface area contributed by atoms with Crippen molar-refractivity contribution in [2.24, 2.45) is 0 Å². The molecular formula is C23H31N5O2. The van der Waals surface area contributed by atoms with Crippen molar-refractivity contribution >= 4 is 17.1 Å². The molecule has 7 nitrogen and oxygen atoms in total. The second-order valence-corrected chi connectivity index (χ2v) is 8.59. The minimum absolute atomic E-state index is 0.0599. The highest BCUT2D eigenvalue weighted by atomic mass is 16.2. The Morgan fingerprint density at radius 1 is 1.27 bits per heavy atom. The van der Waals surface area contributed by atoms with Gasteiger partial charge < -0.3 is 9.47 Å². The van der Waals surface area contributed by atoms with Gasteiger partial charge in [-0.2, -0.15) is 0 Å². The van der Waals surface area contributed by atoms with Gasteiger partial charge in [0.05, 0.1) is 11.1 Å². The monoisotopic (exact) mass is 409 g/mol. The molecule has 3 aromatic heterocycles. The van der Waals surface area contributed by atoms with Crippen LogP contribution in [0.2, 0.25) is 0 Å². The van der Waals surface area contributed by atoms with Crippen LogP contribution in [0.25, 0.3) is 11.2 Å². The van der Waals surface area contributed by atoms with Crippen LogP contribution >= 0.6 is 0 Å². The van der Waals surface area contributed by atoms with Crippen molar-refractivity contribution in [3.8, 4) is 0 Å². The maximum atomic E-state index is 13.2. The maximum absolute atomic E-state index is 13.2. The van der Waals surface area contributed by atoms with Gasteiger partial charge in [0.25, 0.3) is 5.91 Å². The lowest BCUT2D eigenvalue weighted by molar-refractivity contribution is 0.0712. The summed E-state index contributed by atoms with van der Waals surface area (Å²) in [6, 6.07) is 4.11. The topological polar surface area (TPSA) is 75.9 Å². The van der Waals surface area contributed by atoms with Gasteiger partial charge in [0.2, 0.25) is 0 Å². The SMILES string of the molecule is CCn1c(C)cc(C(=O)N2CCC(c3ccnc4[nH]c(=O)n(C(C)C)c34)CC2)c1C. The van der Waals surface area contributed by atoms with Gasteiger partial charge in [-0.05, 0) is 71.1 Å². The Morgan fingerprint density at radius 2 is 1.97 bits per heavy atom. The molecular weight excluding hydrogens is 378 g/mol. The first-order valence-corrected chi connectivity index (χ1v) is 10.9. The number of carbonyl (C=O) groups is 1. The summed E-state index contributed by atoms with van der Waals surface area (Å²) in [5.74, 6) is 0.435. The van der Waals surface area contributed by atoms with Gasteiger partial charge in [0.15, 0.2) is 5.65 Å². The van der Waals surface area contributed by atoms with Crippen LogP contribution in [-0.2, 0) is 6.54 Å². The van der Waals surface area contributed by atoms with E-state index < -0.39 is 0 Å².